The summed E-state index contributed by atoms with van der Waals surface area (Å²) < 4.78 is 6.66. The SMILES string of the molecule is CC1CN(Cc2cncc(Br)c2)C(C)CO1. The molecule has 0 amide bonds. The number of morpholine rings is 1. The largest absolute Gasteiger partial charge is 0.376 e. The maximum absolute atomic E-state index is 5.62. The second kappa shape index (κ2) is 5.25. The molecule has 0 aliphatic carbocycles. The highest BCUT2D eigenvalue weighted by molar-refractivity contribution is 9.10. The van der Waals surface area contributed by atoms with Crippen LogP contribution in [-0.4, -0.2) is 35.2 Å². The van der Waals surface area contributed by atoms with Gasteiger partial charge in [0.15, 0.2) is 0 Å². The molecule has 0 aromatic carbocycles. The second-order valence-electron chi connectivity index (χ2n) is 4.43. The Bertz CT molecular complexity index is 359. The fourth-order valence-electron chi connectivity index (χ4n) is 1.97. The maximum Gasteiger partial charge on any atom is 0.0674 e. The van der Waals surface area contributed by atoms with E-state index in [9.17, 15) is 0 Å². The number of pyridine rings is 1. The molecule has 1 fully saturated rings. The summed E-state index contributed by atoms with van der Waals surface area (Å²) >= 11 is 3.45. The Morgan fingerprint density at radius 3 is 3.06 bits per heavy atom. The molecule has 0 saturated carbocycles. The van der Waals surface area contributed by atoms with Gasteiger partial charge >= 0.3 is 0 Å². The van der Waals surface area contributed by atoms with Gasteiger partial charge in [-0.15, -0.1) is 0 Å². The van der Waals surface area contributed by atoms with Gasteiger partial charge in [0.2, 0.25) is 0 Å². The van der Waals surface area contributed by atoms with Crippen molar-refractivity contribution in [3.8, 4) is 0 Å². The van der Waals surface area contributed by atoms with Gasteiger partial charge in [-0.3, -0.25) is 9.88 Å². The highest BCUT2D eigenvalue weighted by atomic mass is 79.9. The van der Waals surface area contributed by atoms with E-state index >= 15 is 0 Å². The van der Waals surface area contributed by atoms with Crippen LogP contribution in [-0.2, 0) is 11.3 Å². The van der Waals surface area contributed by atoms with E-state index in [1.54, 1.807) is 0 Å². The van der Waals surface area contributed by atoms with E-state index in [-0.39, 0.29) is 0 Å². The number of aromatic nitrogens is 1. The van der Waals surface area contributed by atoms with Gasteiger partial charge in [0.25, 0.3) is 0 Å². The molecule has 4 heteroatoms. The van der Waals surface area contributed by atoms with Crippen LogP contribution in [0.3, 0.4) is 0 Å². The van der Waals surface area contributed by atoms with Crippen molar-refractivity contribution < 1.29 is 4.74 Å². The monoisotopic (exact) mass is 284 g/mol. The molecule has 16 heavy (non-hydrogen) atoms. The molecule has 2 heterocycles. The van der Waals surface area contributed by atoms with Crippen LogP contribution in [0.15, 0.2) is 22.9 Å². The standard InChI is InChI=1S/C12H17BrN2O/c1-9-8-16-10(2)6-15(9)7-11-3-12(13)5-14-4-11/h3-5,9-10H,6-8H2,1-2H3. The van der Waals surface area contributed by atoms with Crippen molar-refractivity contribution in [2.75, 3.05) is 13.2 Å². The third kappa shape index (κ3) is 3.03. The first kappa shape index (κ1) is 12.0. The first-order valence-corrected chi connectivity index (χ1v) is 6.39. The summed E-state index contributed by atoms with van der Waals surface area (Å²) in [6, 6.07) is 2.61. The van der Waals surface area contributed by atoms with Gasteiger partial charge in [-0.25, -0.2) is 0 Å². The molecule has 0 N–H and O–H groups in total. The minimum atomic E-state index is 0.330. The van der Waals surface area contributed by atoms with Gasteiger partial charge < -0.3 is 4.74 Å². The van der Waals surface area contributed by atoms with Crippen LogP contribution in [0.5, 0.6) is 0 Å². The average Bonchev–Trinajstić information content (AvgIpc) is 2.24. The predicted molar refractivity (Wildman–Crippen MR) is 67.2 cm³/mol. The molecule has 0 radical (unpaired) electrons. The molecule has 2 atom stereocenters. The highest BCUT2D eigenvalue weighted by Crippen LogP contribution is 2.16. The van der Waals surface area contributed by atoms with Crippen molar-refractivity contribution in [3.63, 3.8) is 0 Å². The summed E-state index contributed by atoms with van der Waals surface area (Å²) in [6.45, 7) is 7.09. The summed E-state index contributed by atoms with van der Waals surface area (Å²) in [5.74, 6) is 0. The van der Waals surface area contributed by atoms with E-state index in [1.807, 2.05) is 12.4 Å². The van der Waals surface area contributed by atoms with Crippen molar-refractivity contribution in [3.05, 3.63) is 28.5 Å². The fourth-order valence-corrected chi connectivity index (χ4v) is 2.38. The number of hydrogen-bond donors (Lipinski definition) is 0. The van der Waals surface area contributed by atoms with E-state index in [0.717, 1.165) is 24.2 Å². The molecule has 2 rings (SSSR count). The normalized spacial score (nSPS) is 26.9. The molecule has 0 spiro atoms. The van der Waals surface area contributed by atoms with Crippen LogP contribution in [0.25, 0.3) is 0 Å². The predicted octanol–water partition coefficient (Wildman–Crippen LogP) is 2.45. The Morgan fingerprint density at radius 2 is 2.31 bits per heavy atom. The fraction of sp³-hybridized carbons (Fsp3) is 0.583. The van der Waals surface area contributed by atoms with Crippen LogP contribution >= 0.6 is 15.9 Å². The lowest BCUT2D eigenvalue weighted by Gasteiger charge is -2.36. The molecule has 1 aliphatic rings. The van der Waals surface area contributed by atoms with Crippen LogP contribution in [0.1, 0.15) is 19.4 Å². The minimum Gasteiger partial charge on any atom is -0.376 e. The molecule has 88 valence electrons. The number of nitrogens with zero attached hydrogens (tertiary/aromatic N) is 2. The number of rotatable bonds is 2. The van der Waals surface area contributed by atoms with E-state index in [4.69, 9.17) is 4.74 Å². The first-order chi connectivity index (χ1) is 7.65. The minimum absolute atomic E-state index is 0.330. The smallest absolute Gasteiger partial charge is 0.0674 e. The van der Waals surface area contributed by atoms with Crippen molar-refractivity contribution in [1.82, 2.24) is 9.88 Å². The lowest BCUT2D eigenvalue weighted by atomic mass is 10.1. The molecule has 2 unspecified atom stereocenters. The summed E-state index contributed by atoms with van der Waals surface area (Å²) in [4.78, 5) is 6.63. The Labute approximate surface area is 105 Å². The van der Waals surface area contributed by atoms with Crippen LogP contribution in [0.2, 0.25) is 0 Å². The van der Waals surface area contributed by atoms with Gasteiger partial charge in [-0.1, -0.05) is 0 Å². The third-order valence-corrected chi connectivity index (χ3v) is 3.32. The average molecular weight is 285 g/mol. The molecule has 3 nitrogen and oxygen atoms in total. The van der Waals surface area contributed by atoms with Crippen molar-refractivity contribution >= 4 is 15.9 Å². The number of ether oxygens (including phenoxy) is 1. The summed E-state index contributed by atoms with van der Waals surface area (Å²) in [5, 5.41) is 0. The van der Waals surface area contributed by atoms with E-state index in [1.165, 1.54) is 5.56 Å². The van der Waals surface area contributed by atoms with Crippen molar-refractivity contribution in [1.29, 1.82) is 0 Å². The van der Waals surface area contributed by atoms with Gasteiger partial charge in [-0.05, 0) is 41.4 Å². The summed E-state index contributed by atoms with van der Waals surface area (Å²) in [5.41, 5.74) is 1.25. The lowest BCUT2D eigenvalue weighted by molar-refractivity contribution is -0.0527. The van der Waals surface area contributed by atoms with Gasteiger partial charge in [0.05, 0.1) is 12.7 Å². The molecule has 1 aromatic heterocycles. The quantitative estimate of drug-likeness (QED) is 0.834. The zero-order valence-corrected chi connectivity index (χ0v) is 11.3. The molecular weight excluding hydrogens is 268 g/mol. The van der Waals surface area contributed by atoms with E-state index < -0.39 is 0 Å². The van der Waals surface area contributed by atoms with Gasteiger partial charge in [0, 0.05) is 36.0 Å². The van der Waals surface area contributed by atoms with Crippen LogP contribution < -0.4 is 0 Å². The summed E-state index contributed by atoms with van der Waals surface area (Å²) in [6.07, 6.45) is 4.07. The number of hydrogen-bond acceptors (Lipinski definition) is 3. The molecule has 1 aromatic rings. The molecule has 1 aliphatic heterocycles. The van der Waals surface area contributed by atoms with Crippen molar-refractivity contribution in [2.45, 2.75) is 32.5 Å². The highest BCUT2D eigenvalue weighted by Gasteiger charge is 2.23. The number of halogens is 1. The molecule has 0 bridgehead atoms. The third-order valence-electron chi connectivity index (χ3n) is 2.88. The Balaban J connectivity index is 2.02. The van der Waals surface area contributed by atoms with Gasteiger partial charge in [-0.2, -0.15) is 0 Å². The zero-order chi connectivity index (χ0) is 11.5. The van der Waals surface area contributed by atoms with E-state index in [0.29, 0.717) is 12.1 Å². The van der Waals surface area contributed by atoms with Crippen LogP contribution in [0, 0.1) is 0 Å². The first-order valence-electron chi connectivity index (χ1n) is 5.60. The Morgan fingerprint density at radius 1 is 1.50 bits per heavy atom. The molecule has 1 saturated heterocycles. The lowest BCUT2D eigenvalue weighted by Crippen LogP contribution is -2.46. The second-order valence-corrected chi connectivity index (χ2v) is 5.35. The summed E-state index contributed by atoms with van der Waals surface area (Å²) in [7, 11) is 0. The molecular formula is C12H17BrN2O. The Hall–Kier alpha value is -0.450. The zero-order valence-electron chi connectivity index (χ0n) is 9.69. The topological polar surface area (TPSA) is 25.4 Å². The van der Waals surface area contributed by atoms with Crippen molar-refractivity contribution in [2.24, 2.45) is 0 Å². The Kier molecular flexibility index (Phi) is 3.95. The van der Waals surface area contributed by atoms with Gasteiger partial charge in [0.1, 0.15) is 0 Å². The van der Waals surface area contributed by atoms with Crippen LogP contribution in [0.4, 0.5) is 0 Å². The maximum atomic E-state index is 5.62. The van der Waals surface area contributed by atoms with E-state index in [2.05, 4.69) is 45.7 Å².